The number of hydrogen-bond acceptors (Lipinski definition) is 5. The van der Waals surface area contributed by atoms with E-state index in [0.29, 0.717) is 12.8 Å². The van der Waals surface area contributed by atoms with Crippen molar-refractivity contribution < 1.29 is 14.7 Å². The van der Waals surface area contributed by atoms with Gasteiger partial charge in [-0.1, -0.05) is 12.8 Å². The van der Waals surface area contributed by atoms with Crippen LogP contribution in [-0.4, -0.2) is 32.5 Å². The molecule has 4 N–H and O–H groups in total. The molecule has 0 aliphatic heterocycles. The number of anilines is 1. The van der Waals surface area contributed by atoms with Crippen LogP contribution < -0.4 is 11.1 Å². The number of carbonyl (C=O) groups is 2. The third kappa shape index (κ3) is 2.11. The summed E-state index contributed by atoms with van der Waals surface area (Å²) in [5.74, 6) is -1.54. The van der Waals surface area contributed by atoms with Gasteiger partial charge in [0.15, 0.2) is 11.5 Å². The summed E-state index contributed by atoms with van der Waals surface area (Å²) in [5, 5.41) is 12.2. The highest BCUT2D eigenvalue weighted by molar-refractivity contribution is 5.96. The van der Waals surface area contributed by atoms with Gasteiger partial charge in [0.2, 0.25) is 0 Å². The van der Waals surface area contributed by atoms with Crippen LogP contribution in [0.1, 0.15) is 36.2 Å². The standard InChI is InChI=1S/C11H14N4O3/c12-8(16)7-9(14-6-5-13-7)15-11(10(17)18)3-1-2-4-11/h5-6H,1-4H2,(H2,12,16)(H,14,15)(H,17,18). The second-order valence-corrected chi connectivity index (χ2v) is 4.34. The van der Waals surface area contributed by atoms with Gasteiger partial charge in [-0.15, -0.1) is 0 Å². The minimum Gasteiger partial charge on any atom is -0.480 e. The number of rotatable bonds is 4. The molecule has 1 aromatic heterocycles. The molecule has 0 spiro atoms. The zero-order valence-corrected chi connectivity index (χ0v) is 9.72. The normalized spacial score (nSPS) is 17.3. The Labute approximate surface area is 103 Å². The zero-order chi connectivity index (χ0) is 13.2. The maximum Gasteiger partial charge on any atom is 0.329 e. The SMILES string of the molecule is NC(=O)c1nccnc1NC1(C(=O)O)CCCC1. The molecule has 1 aliphatic rings. The maximum absolute atomic E-state index is 11.4. The van der Waals surface area contributed by atoms with E-state index in [-0.39, 0.29) is 11.5 Å². The Bertz CT molecular complexity index is 483. The Hall–Kier alpha value is -2.18. The van der Waals surface area contributed by atoms with Crippen molar-refractivity contribution in [2.75, 3.05) is 5.32 Å². The Balaban J connectivity index is 2.33. The van der Waals surface area contributed by atoms with E-state index in [9.17, 15) is 14.7 Å². The van der Waals surface area contributed by atoms with Crippen molar-refractivity contribution in [1.29, 1.82) is 0 Å². The van der Waals surface area contributed by atoms with Crippen LogP contribution >= 0.6 is 0 Å². The number of aliphatic carboxylic acids is 1. The first-order valence-electron chi connectivity index (χ1n) is 5.67. The summed E-state index contributed by atoms with van der Waals surface area (Å²) in [6.07, 6.45) is 5.37. The summed E-state index contributed by atoms with van der Waals surface area (Å²) in [6, 6.07) is 0. The zero-order valence-electron chi connectivity index (χ0n) is 9.72. The molecule has 1 amide bonds. The third-order valence-corrected chi connectivity index (χ3v) is 3.16. The van der Waals surface area contributed by atoms with Crippen molar-refractivity contribution >= 4 is 17.7 Å². The topological polar surface area (TPSA) is 118 Å². The summed E-state index contributed by atoms with van der Waals surface area (Å²) >= 11 is 0. The highest BCUT2D eigenvalue weighted by atomic mass is 16.4. The lowest BCUT2D eigenvalue weighted by atomic mass is 9.98. The van der Waals surface area contributed by atoms with Crippen LogP contribution in [0.5, 0.6) is 0 Å². The fourth-order valence-corrected chi connectivity index (χ4v) is 2.21. The van der Waals surface area contributed by atoms with E-state index < -0.39 is 17.4 Å². The van der Waals surface area contributed by atoms with Crippen LogP contribution in [0.25, 0.3) is 0 Å². The van der Waals surface area contributed by atoms with Gasteiger partial charge in [0.05, 0.1) is 0 Å². The molecule has 0 bridgehead atoms. The summed E-state index contributed by atoms with van der Waals surface area (Å²) in [4.78, 5) is 30.4. The van der Waals surface area contributed by atoms with Gasteiger partial charge >= 0.3 is 5.97 Å². The summed E-state index contributed by atoms with van der Waals surface area (Å²) < 4.78 is 0. The van der Waals surface area contributed by atoms with E-state index >= 15 is 0 Å². The summed E-state index contributed by atoms with van der Waals surface area (Å²) in [6.45, 7) is 0. The van der Waals surface area contributed by atoms with Gasteiger partial charge in [0, 0.05) is 12.4 Å². The van der Waals surface area contributed by atoms with Crippen molar-refractivity contribution in [1.82, 2.24) is 9.97 Å². The monoisotopic (exact) mass is 250 g/mol. The minimum atomic E-state index is -1.07. The first-order chi connectivity index (χ1) is 8.55. The Kier molecular flexibility index (Phi) is 3.14. The second-order valence-electron chi connectivity index (χ2n) is 4.34. The number of amides is 1. The van der Waals surface area contributed by atoms with E-state index in [1.165, 1.54) is 12.4 Å². The van der Waals surface area contributed by atoms with Crippen molar-refractivity contribution in [2.45, 2.75) is 31.2 Å². The van der Waals surface area contributed by atoms with Crippen molar-refractivity contribution in [3.8, 4) is 0 Å². The van der Waals surface area contributed by atoms with Gasteiger partial charge in [0.1, 0.15) is 5.54 Å². The number of hydrogen-bond donors (Lipinski definition) is 3. The van der Waals surface area contributed by atoms with Gasteiger partial charge < -0.3 is 16.2 Å². The van der Waals surface area contributed by atoms with Crippen LogP contribution in [-0.2, 0) is 4.79 Å². The summed E-state index contributed by atoms with van der Waals surface area (Å²) in [5.41, 5.74) is 4.07. The minimum absolute atomic E-state index is 0.0370. The Morgan fingerprint density at radius 2 is 1.89 bits per heavy atom. The maximum atomic E-state index is 11.4. The van der Waals surface area contributed by atoms with E-state index in [0.717, 1.165) is 12.8 Å². The number of nitrogens with two attached hydrogens (primary N) is 1. The van der Waals surface area contributed by atoms with Crippen LogP contribution in [0.15, 0.2) is 12.4 Å². The molecule has 0 atom stereocenters. The van der Waals surface area contributed by atoms with Crippen LogP contribution in [0, 0.1) is 0 Å². The molecule has 0 aromatic carbocycles. The molecule has 7 nitrogen and oxygen atoms in total. The molecule has 1 heterocycles. The largest absolute Gasteiger partial charge is 0.480 e. The number of primary amides is 1. The smallest absolute Gasteiger partial charge is 0.329 e. The van der Waals surface area contributed by atoms with E-state index in [2.05, 4.69) is 15.3 Å². The molecular weight excluding hydrogens is 236 g/mol. The lowest BCUT2D eigenvalue weighted by Gasteiger charge is -2.26. The molecule has 1 saturated carbocycles. The molecule has 2 rings (SSSR count). The number of nitrogens with one attached hydrogen (secondary N) is 1. The Morgan fingerprint density at radius 1 is 1.28 bits per heavy atom. The predicted molar refractivity (Wildman–Crippen MR) is 63.0 cm³/mol. The number of carboxylic acid groups (broad SMARTS) is 1. The molecule has 18 heavy (non-hydrogen) atoms. The van der Waals surface area contributed by atoms with Gasteiger partial charge in [0.25, 0.3) is 5.91 Å². The van der Waals surface area contributed by atoms with Gasteiger partial charge in [-0.2, -0.15) is 0 Å². The van der Waals surface area contributed by atoms with E-state index in [1.54, 1.807) is 0 Å². The van der Waals surface area contributed by atoms with Crippen molar-refractivity contribution in [3.63, 3.8) is 0 Å². The molecular formula is C11H14N4O3. The average molecular weight is 250 g/mol. The number of aromatic nitrogens is 2. The van der Waals surface area contributed by atoms with Crippen molar-refractivity contribution in [3.05, 3.63) is 18.1 Å². The fraction of sp³-hybridized carbons (Fsp3) is 0.455. The molecule has 96 valence electrons. The predicted octanol–water partition coefficient (Wildman–Crippen LogP) is 0.385. The molecule has 7 heteroatoms. The second kappa shape index (κ2) is 4.59. The Morgan fingerprint density at radius 3 is 2.44 bits per heavy atom. The quantitative estimate of drug-likeness (QED) is 0.711. The van der Waals surface area contributed by atoms with E-state index in [1.807, 2.05) is 0 Å². The molecule has 0 radical (unpaired) electrons. The lowest BCUT2D eigenvalue weighted by molar-refractivity contribution is -0.142. The average Bonchev–Trinajstić information content (AvgIpc) is 2.79. The fourth-order valence-electron chi connectivity index (χ4n) is 2.21. The number of nitrogens with zero attached hydrogens (tertiary/aromatic N) is 2. The van der Waals surface area contributed by atoms with Crippen molar-refractivity contribution in [2.24, 2.45) is 5.73 Å². The number of carboxylic acids is 1. The highest BCUT2D eigenvalue weighted by Crippen LogP contribution is 2.33. The van der Waals surface area contributed by atoms with Crippen LogP contribution in [0.3, 0.4) is 0 Å². The van der Waals surface area contributed by atoms with Crippen LogP contribution in [0.4, 0.5) is 5.82 Å². The molecule has 0 saturated heterocycles. The lowest BCUT2D eigenvalue weighted by Crippen LogP contribution is -2.44. The first kappa shape index (κ1) is 12.3. The molecule has 1 aromatic rings. The molecule has 1 aliphatic carbocycles. The van der Waals surface area contributed by atoms with Gasteiger partial charge in [-0.3, -0.25) is 4.79 Å². The van der Waals surface area contributed by atoms with E-state index in [4.69, 9.17) is 5.73 Å². The first-order valence-corrected chi connectivity index (χ1v) is 5.67. The van der Waals surface area contributed by atoms with Gasteiger partial charge in [-0.25, -0.2) is 14.8 Å². The number of carbonyl (C=O) groups excluding carboxylic acids is 1. The summed E-state index contributed by atoms with van der Waals surface area (Å²) in [7, 11) is 0. The third-order valence-electron chi connectivity index (χ3n) is 3.16. The molecule has 1 fully saturated rings. The van der Waals surface area contributed by atoms with Gasteiger partial charge in [-0.05, 0) is 12.8 Å². The molecule has 0 unspecified atom stereocenters. The highest BCUT2D eigenvalue weighted by Gasteiger charge is 2.42. The van der Waals surface area contributed by atoms with Crippen LogP contribution in [0.2, 0.25) is 0 Å².